The van der Waals surface area contributed by atoms with Crippen molar-refractivity contribution < 1.29 is 29.0 Å². The standard InChI is InChI=1S/C27H36N6O6/c1-4-39-27(38)33-15-13-32(14-16-33)26(37)20(11-8-12-23(34)35)30-25(36)21-17-22(28-18(2)3)31-24(29-21)19-9-6-5-7-10-19/h5-7,9-10,17-18,20H,4,8,11-16H2,1-3H3,(H,30,36)(H,34,35)(H,28,29,31)/t20-/m0/s1. The molecule has 0 unspecified atom stereocenters. The van der Waals surface area contributed by atoms with Gasteiger partial charge in [-0.15, -0.1) is 0 Å². The van der Waals surface area contributed by atoms with Gasteiger partial charge >= 0.3 is 12.1 Å². The lowest BCUT2D eigenvalue weighted by Crippen LogP contribution is -2.56. The molecule has 3 N–H and O–H groups in total. The zero-order valence-corrected chi connectivity index (χ0v) is 22.6. The molecule has 12 nitrogen and oxygen atoms in total. The van der Waals surface area contributed by atoms with Gasteiger partial charge in [-0.3, -0.25) is 14.4 Å². The van der Waals surface area contributed by atoms with Gasteiger partial charge in [0.2, 0.25) is 5.91 Å². The SMILES string of the molecule is CCOC(=O)N1CCN(C(=O)[C@H](CCCC(=O)O)NC(=O)c2cc(NC(C)C)nc(-c3ccccc3)n2)CC1. The average Bonchev–Trinajstić information content (AvgIpc) is 2.92. The Balaban J connectivity index is 1.79. The van der Waals surface area contributed by atoms with Gasteiger partial charge in [-0.2, -0.15) is 0 Å². The number of nitrogens with one attached hydrogen (secondary N) is 2. The first kappa shape index (κ1) is 29.3. The molecule has 1 saturated heterocycles. The molecular formula is C27H36N6O6. The Morgan fingerprint density at radius 2 is 1.69 bits per heavy atom. The van der Waals surface area contributed by atoms with Crippen LogP contribution < -0.4 is 10.6 Å². The van der Waals surface area contributed by atoms with Crippen LogP contribution in [0, 0.1) is 0 Å². The number of rotatable bonds is 11. The molecule has 0 radical (unpaired) electrons. The van der Waals surface area contributed by atoms with Crippen molar-refractivity contribution in [3.05, 3.63) is 42.1 Å². The highest BCUT2D eigenvalue weighted by Gasteiger charge is 2.31. The summed E-state index contributed by atoms with van der Waals surface area (Å²) in [6.45, 7) is 7.04. The second-order valence-electron chi connectivity index (χ2n) is 9.45. The van der Waals surface area contributed by atoms with E-state index in [0.717, 1.165) is 5.56 Å². The van der Waals surface area contributed by atoms with Gasteiger partial charge in [-0.05, 0) is 33.6 Å². The molecule has 2 aromatic rings. The van der Waals surface area contributed by atoms with E-state index in [9.17, 15) is 19.2 Å². The normalized spacial score (nSPS) is 14.1. The quantitative estimate of drug-likeness (QED) is 0.390. The number of ether oxygens (including phenoxy) is 1. The van der Waals surface area contributed by atoms with Crippen molar-refractivity contribution in [2.24, 2.45) is 0 Å². The van der Waals surface area contributed by atoms with E-state index >= 15 is 0 Å². The summed E-state index contributed by atoms with van der Waals surface area (Å²) in [6, 6.07) is 9.86. The number of aromatic nitrogens is 2. The molecule has 0 bridgehead atoms. The minimum absolute atomic E-state index is 0.0538. The van der Waals surface area contributed by atoms with Crippen LogP contribution in [-0.4, -0.2) is 93.6 Å². The molecule has 1 aliphatic heterocycles. The number of aliphatic carboxylic acids is 1. The van der Waals surface area contributed by atoms with E-state index in [4.69, 9.17) is 9.84 Å². The molecule has 3 amide bonds. The summed E-state index contributed by atoms with van der Waals surface area (Å²) in [7, 11) is 0. The van der Waals surface area contributed by atoms with Crippen LogP contribution in [-0.2, 0) is 14.3 Å². The third kappa shape index (κ3) is 8.66. The molecular weight excluding hydrogens is 504 g/mol. The second-order valence-corrected chi connectivity index (χ2v) is 9.45. The molecule has 0 aliphatic carbocycles. The molecule has 1 atom stereocenters. The van der Waals surface area contributed by atoms with Crippen LogP contribution in [0.3, 0.4) is 0 Å². The van der Waals surface area contributed by atoms with Crippen LogP contribution in [0.25, 0.3) is 11.4 Å². The lowest BCUT2D eigenvalue weighted by Gasteiger charge is -2.36. The van der Waals surface area contributed by atoms with Gasteiger partial charge in [-0.25, -0.2) is 14.8 Å². The number of carboxylic acids is 1. The minimum atomic E-state index is -0.983. The number of piperazine rings is 1. The van der Waals surface area contributed by atoms with Crippen molar-refractivity contribution in [2.45, 2.75) is 52.1 Å². The van der Waals surface area contributed by atoms with Gasteiger partial charge in [0, 0.05) is 50.3 Å². The summed E-state index contributed by atoms with van der Waals surface area (Å²) in [4.78, 5) is 62.0. The van der Waals surface area contributed by atoms with Crippen molar-refractivity contribution >= 4 is 29.7 Å². The third-order valence-electron chi connectivity index (χ3n) is 6.03. The first-order valence-corrected chi connectivity index (χ1v) is 13.1. The van der Waals surface area contributed by atoms with E-state index in [1.807, 2.05) is 44.2 Å². The van der Waals surface area contributed by atoms with Gasteiger partial charge in [0.05, 0.1) is 6.61 Å². The summed E-state index contributed by atoms with van der Waals surface area (Å²) in [6.07, 6.45) is -0.221. The summed E-state index contributed by atoms with van der Waals surface area (Å²) in [5.74, 6) is -1.07. The molecule has 210 valence electrons. The lowest BCUT2D eigenvalue weighted by molar-refractivity contribution is -0.138. The number of nitrogens with zero attached hydrogens (tertiary/aromatic N) is 4. The number of hydrogen-bond donors (Lipinski definition) is 3. The van der Waals surface area contributed by atoms with E-state index in [-0.39, 0.29) is 56.6 Å². The summed E-state index contributed by atoms with van der Waals surface area (Å²) >= 11 is 0. The van der Waals surface area contributed by atoms with E-state index in [1.54, 1.807) is 11.8 Å². The minimum Gasteiger partial charge on any atom is -0.481 e. The van der Waals surface area contributed by atoms with Gasteiger partial charge in [0.1, 0.15) is 17.6 Å². The number of benzene rings is 1. The van der Waals surface area contributed by atoms with Crippen LogP contribution >= 0.6 is 0 Å². The van der Waals surface area contributed by atoms with Crippen LogP contribution in [0.5, 0.6) is 0 Å². The molecule has 0 spiro atoms. The molecule has 1 fully saturated rings. The Kier molecular flexibility index (Phi) is 10.6. The number of carboxylic acid groups (broad SMARTS) is 1. The number of carbonyl (C=O) groups excluding carboxylic acids is 3. The lowest BCUT2D eigenvalue weighted by atomic mass is 10.1. The highest BCUT2D eigenvalue weighted by atomic mass is 16.6. The topological polar surface area (TPSA) is 154 Å². The fraction of sp³-hybridized carbons (Fsp3) is 0.481. The summed E-state index contributed by atoms with van der Waals surface area (Å²) < 4.78 is 5.03. The Morgan fingerprint density at radius 3 is 2.31 bits per heavy atom. The highest BCUT2D eigenvalue weighted by molar-refractivity contribution is 5.97. The second kappa shape index (κ2) is 14.1. The van der Waals surface area contributed by atoms with Crippen molar-refractivity contribution in [3.8, 4) is 11.4 Å². The fourth-order valence-corrected chi connectivity index (χ4v) is 4.14. The molecule has 2 heterocycles. The van der Waals surface area contributed by atoms with Crippen LogP contribution in [0.15, 0.2) is 36.4 Å². The molecule has 12 heteroatoms. The number of hydrogen-bond acceptors (Lipinski definition) is 8. The van der Waals surface area contributed by atoms with Crippen molar-refractivity contribution in [2.75, 3.05) is 38.1 Å². The predicted octanol–water partition coefficient (Wildman–Crippen LogP) is 2.62. The monoisotopic (exact) mass is 540 g/mol. The molecule has 3 rings (SSSR count). The molecule has 1 aromatic carbocycles. The van der Waals surface area contributed by atoms with E-state index in [1.165, 1.54) is 11.0 Å². The maximum atomic E-state index is 13.4. The maximum Gasteiger partial charge on any atom is 0.409 e. The summed E-state index contributed by atoms with van der Waals surface area (Å²) in [5.41, 5.74) is 0.808. The molecule has 39 heavy (non-hydrogen) atoms. The van der Waals surface area contributed by atoms with Crippen molar-refractivity contribution in [1.82, 2.24) is 25.1 Å². The summed E-state index contributed by atoms with van der Waals surface area (Å²) in [5, 5.41) is 15.0. The highest BCUT2D eigenvalue weighted by Crippen LogP contribution is 2.19. The van der Waals surface area contributed by atoms with Crippen molar-refractivity contribution in [3.63, 3.8) is 0 Å². The zero-order chi connectivity index (χ0) is 28.4. The van der Waals surface area contributed by atoms with Crippen LogP contribution in [0.2, 0.25) is 0 Å². The average molecular weight is 541 g/mol. The largest absolute Gasteiger partial charge is 0.481 e. The van der Waals surface area contributed by atoms with E-state index in [0.29, 0.717) is 24.7 Å². The number of amides is 3. The molecule has 1 aromatic heterocycles. The predicted molar refractivity (Wildman–Crippen MR) is 144 cm³/mol. The zero-order valence-electron chi connectivity index (χ0n) is 22.6. The van der Waals surface area contributed by atoms with Crippen molar-refractivity contribution in [1.29, 1.82) is 0 Å². The van der Waals surface area contributed by atoms with E-state index < -0.39 is 24.0 Å². The third-order valence-corrected chi connectivity index (χ3v) is 6.03. The smallest absolute Gasteiger partial charge is 0.409 e. The Bertz CT molecular complexity index is 1150. The van der Waals surface area contributed by atoms with Gasteiger partial charge < -0.3 is 30.3 Å². The maximum absolute atomic E-state index is 13.4. The van der Waals surface area contributed by atoms with Gasteiger partial charge in [0.25, 0.3) is 5.91 Å². The van der Waals surface area contributed by atoms with Crippen LogP contribution in [0.1, 0.15) is 50.5 Å². The van der Waals surface area contributed by atoms with Gasteiger partial charge in [0.15, 0.2) is 5.82 Å². The molecule has 0 saturated carbocycles. The van der Waals surface area contributed by atoms with Crippen LogP contribution in [0.4, 0.5) is 10.6 Å². The van der Waals surface area contributed by atoms with E-state index in [2.05, 4.69) is 20.6 Å². The fourth-order valence-electron chi connectivity index (χ4n) is 4.14. The Hall–Kier alpha value is -4.22. The number of carbonyl (C=O) groups is 4. The molecule has 1 aliphatic rings. The number of anilines is 1. The first-order valence-electron chi connectivity index (χ1n) is 13.1. The first-order chi connectivity index (χ1) is 18.7. The Morgan fingerprint density at radius 1 is 1.03 bits per heavy atom. The Labute approximate surface area is 227 Å². The van der Waals surface area contributed by atoms with Gasteiger partial charge in [-0.1, -0.05) is 30.3 Å².